The summed E-state index contributed by atoms with van der Waals surface area (Å²) in [6.45, 7) is 4.56. The van der Waals surface area contributed by atoms with Crippen LogP contribution in [-0.4, -0.2) is 41.4 Å². The Hall–Kier alpha value is -3.42. The molecule has 28 heavy (non-hydrogen) atoms. The van der Waals surface area contributed by atoms with Gasteiger partial charge in [-0.3, -0.25) is 19.8 Å². The highest BCUT2D eigenvalue weighted by Gasteiger charge is 2.50. The molecule has 0 bridgehead atoms. The van der Waals surface area contributed by atoms with E-state index in [2.05, 4.69) is 16.0 Å². The summed E-state index contributed by atoms with van der Waals surface area (Å²) in [4.78, 5) is 50.0. The number of benzene rings is 2. The van der Waals surface area contributed by atoms with Gasteiger partial charge in [-0.25, -0.2) is 9.59 Å². The minimum absolute atomic E-state index is 0.154. The Morgan fingerprint density at radius 2 is 1.79 bits per heavy atom. The molecule has 0 aromatic heterocycles. The largest absolute Gasteiger partial charge is 0.336 e. The fraction of sp³-hybridized carbons (Fsp3) is 0.300. The van der Waals surface area contributed by atoms with Crippen LogP contribution in [0.15, 0.2) is 42.5 Å². The summed E-state index contributed by atoms with van der Waals surface area (Å²) < 4.78 is 0. The molecule has 0 spiro atoms. The van der Waals surface area contributed by atoms with E-state index in [4.69, 9.17) is 0 Å². The molecule has 0 unspecified atom stereocenters. The Morgan fingerprint density at radius 3 is 2.50 bits per heavy atom. The number of nitrogens with one attached hydrogen (secondary N) is 3. The highest BCUT2D eigenvalue weighted by molar-refractivity contribution is 6.11. The molecule has 1 fully saturated rings. The number of hydrogen-bond donors (Lipinski definition) is 3. The molecule has 3 N–H and O–H groups in total. The third kappa shape index (κ3) is 3.53. The van der Waals surface area contributed by atoms with Crippen molar-refractivity contribution < 1.29 is 19.2 Å². The first-order valence-electron chi connectivity index (χ1n) is 8.95. The standard InChI is InChI=1S/C20H22N4O4/c1-12(2)21-18(27)22-16(25)11-24-17(26)20(3,23-19(24)28)15-10-6-8-13-7-4-5-9-14(13)15/h4-10,12H,11H2,1-3H3,(H,23,28)(H2,21,22,25,27)/t20-/m1/s1. The van der Waals surface area contributed by atoms with Gasteiger partial charge in [0, 0.05) is 6.04 Å². The maximum Gasteiger partial charge on any atom is 0.325 e. The number of rotatable bonds is 4. The van der Waals surface area contributed by atoms with Crippen LogP contribution in [0.4, 0.5) is 9.59 Å². The zero-order chi connectivity index (χ0) is 20.5. The lowest BCUT2D eigenvalue weighted by Gasteiger charge is -2.24. The van der Waals surface area contributed by atoms with E-state index in [0.717, 1.165) is 15.7 Å². The normalized spacial score (nSPS) is 19.1. The quantitative estimate of drug-likeness (QED) is 0.701. The molecule has 1 heterocycles. The Bertz CT molecular complexity index is 966. The smallest absolute Gasteiger partial charge is 0.325 e. The van der Waals surface area contributed by atoms with Crippen molar-refractivity contribution in [2.24, 2.45) is 0 Å². The highest BCUT2D eigenvalue weighted by Crippen LogP contribution is 2.33. The van der Waals surface area contributed by atoms with Gasteiger partial charge in [-0.2, -0.15) is 0 Å². The molecule has 2 aromatic carbocycles. The number of urea groups is 2. The van der Waals surface area contributed by atoms with E-state index in [1.807, 2.05) is 36.4 Å². The van der Waals surface area contributed by atoms with E-state index < -0.39 is 36.0 Å². The Balaban J connectivity index is 1.83. The molecule has 2 aromatic rings. The van der Waals surface area contributed by atoms with Crippen LogP contribution >= 0.6 is 0 Å². The fourth-order valence-electron chi connectivity index (χ4n) is 3.29. The van der Waals surface area contributed by atoms with Crippen molar-refractivity contribution in [2.45, 2.75) is 32.4 Å². The van der Waals surface area contributed by atoms with Crippen molar-refractivity contribution in [2.75, 3.05) is 6.54 Å². The Labute approximate surface area is 162 Å². The second-order valence-corrected chi connectivity index (χ2v) is 7.15. The van der Waals surface area contributed by atoms with Crippen LogP contribution < -0.4 is 16.0 Å². The second kappa shape index (κ2) is 7.30. The van der Waals surface area contributed by atoms with E-state index in [1.165, 1.54) is 0 Å². The summed E-state index contributed by atoms with van der Waals surface area (Å²) in [5.41, 5.74) is -0.664. The first-order chi connectivity index (χ1) is 13.2. The van der Waals surface area contributed by atoms with Gasteiger partial charge in [0.25, 0.3) is 5.91 Å². The molecule has 0 aliphatic carbocycles. The summed E-state index contributed by atoms with van der Waals surface area (Å²) in [7, 11) is 0. The lowest BCUT2D eigenvalue weighted by atomic mass is 9.88. The molecule has 3 rings (SSSR count). The van der Waals surface area contributed by atoms with Crippen LogP contribution in [0.3, 0.4) is 0 Å². The van der Waals surface area contributed by atoms with E-state index >= 15 is 0 Å². The van der Waals surface area contributed by atoms with Gasteiger partial charge in [-0.15, -0.1) is 0 Å². The number of imide groups is 2. The molecule has 6 amide bonds. The number of amides is 6. The molecule has 146 valence electrons. The SMILES string of the molecule is CC(C)NC(=O)NC(=O)CN1C(=O)N[C@](C)(c2cccc3ccccc23)C1=O. The molecule has 1 aliphatic rings. The number of nitrogens with zero attached hydrogens (tertiary/aromatic N) is 1. The minimum atomic E-state index is -1.31. The minimum Gasteiger partial charge on any atom is -0.336 e. The van der Waals surface area contributed by atoms with Gasteiger partial charge in [0.2, 0.25) is 5.91 Å². The zero-order valence-electron chi connectivity index (χ0n) is 15.9. The summed E-state index contributed by atoms with van der Waals surface area (Å²) in [5.74, 6) is -1.29. The maximum atomic E-state index is 13.0. The first kappa shape index (κ1) is 19.3. The van der Waals surface area contributed by atoms with Gasteiger partial charge in [0.15, 0.2) is 0 Å². The monoisotopic (exact) mass is 382 g/mol. The average Bonchev–Trinajstić information content (AvgIpc) is 2.84. The summed E-state index contributed by atoms with van der Waals surface area (Å²) in [6.07, 6.45) is 0. The molecular weight excluding hydrogens is 360 g/mol. The van der Waals surface area contributed by atoms with Crippen LogP contribution in [0.25, 0.3) is 10.8 Å². The lowest BCUT2D eigenvalue weighted by molar-refractivity contribution is -0.134. The van der Waals surface area contributed by atoms with Crippen molar-refractivity contribution in [3.63, 3.8) is 0 Å². The summed E-state index contributed by atoms with van der Waals surface area (Å²) in [6, 6.07) is 11.5. The van der Waals surface area contributed by atoms with Gasteiger partial charge in [-0.1, -0.05) is 42.5 Å². The van der Waals surface area contributed by atoms with E-state index in [0.29, 0.717) is 5.56 Å². The topological polar surface area (TPSA) is 108 Å². The van der Waals surface area contributed by atoms with Gasteiger partial charge in [-0.05, 0) is 37.1 Å². The van der Waals surface area contributed by atoms with Gasteiger partial charge < -0.3 is 10.6 Å². The Morgan fingerprint density at radius 1 is 1.11 bits per heavy atom. The van der Waals surface area contributed by atoms with Crippen molar-refractivity contribution in [1.82, 2.24) is 20.9 Å². The number of carbonyl (C=O) groups is 4. The predicted molar refractivity (Wildman–Crippen MR) is 103 cm³/mol. The number of fused-ring (bicyclic) bond motifs is 1. The van der Waals surface area contributed by atoms with E-state index in [9.17, 15) is 19.2 Å². The zero-order valence-corrected chi connectivity index (χ0v) is 15.9. The Kier molecular flexibility index (Phi) is 5.04. The maximum absolute atomic E-state index is 13.0. The van der Waals surface area contributed by atoms with Crippen LogP contribution in [0.1, 0.15) is 26.3 Å². The van der Waals surface area contributed by atoms with Crippen LogP contribution in [-0.2, 0) is 15.1 Å². The highest BCUT2D eigenvalue weighted by atomic mass is 16.2. The van der Waals surface area contributed by atoms with Gasteiger partial charge in [0.1, 0.15) is 12.1 Å². The first-order valence-corrected chi connectivity index (χ1v) is 8.95. The molecule has 8 heteroatoms. The van der Waals surface area contributed by atoms with Crippen molar-refractivity contribution in [3.05, 3.63) is 48.0 Å². The third-order valence-electron chi connectivity index (χ3n) is 4.58. The van der Waals surface area contributed by atoms with Crippen molar-refractivity contribution >= 4 is 34.6 Å². The summed E-state index contributed by atoms with van der Waals surface area (Å²) in [5, 5.41) is 9.08. The number of hydrogen-bond acceptors (Lipinski definition) is 4. The molecule has 0 saturated carbocycles. The van der Waals surface area contributed by atoms with E-state index in [1.54, 1.807) is 26.8 Å². The average molecular weight is 382 g/mol. The molecule has 1 atom stereocenters. The van der Waals surface area contributed by atoms with E-state index in [-0.39, 0.29) is 6.04 Å². The molecule has 1 aliphatic heterocycles. The van der Waals surface area contributed by atoms with Crippen molar-refractivity contribution in [1.29, 1.82) is 0 Å². The van der Waals surface area contributed by atoms with Gasteiger partial charge in [0.05, 0.1) is 0 Å². The molecule has 8 nitrogen and oxygen atoms in total. The van der Waals surface area contributed by atoms with Crippen LogP contribution in [0.5, 0.6) is 0 Å². The van der Waals surface area contributed by atoms with Crippen molar-refractivity contribution in [3.8, 4) is 0 Å². The molecular formula is C20H22N4O4. The van der Waals surface area contributed by atoms with Gasteiger partial charge >= 0.3 is 12.1 Å². The second-order valence-electron chi connectivity index (χ2n) is 7.15. The third-order valence-corrected chi connectivity index (χ3v) is 4.58. The number of carbonyl (C=O) groups excluding carboxylic acids is 4. The summed E-state index contributed by atoms with van der Waals surface area (Å²) >= 11 is 0. The van der Waals surface area contributed by atoms with Crippen LogP contribution in [0.2, 0.25) is 0 Å². The van der Waals surface area contributed by atoms with Crippen LogP contribution in [0, 0.1) is 0 Å². The fourth-order valence-corrected chi connectivity index (χ4v) is 3.29. The molecule has 0 radical (unpaired) electrons. The lowest BCUT2D eigenvalue weighted by Crippen LogP contribution is -2.48. The predicted octanol–water partition coefficient (Wildman–Crippen LogP) is 1.84. The molecule has 1 saturated heterocycles.